The third-order valence-corrected chi connectivity index (χ3v) is 5.38. The molecule has 150 valence electrons. The quantitative estimate of drug-likeness (QED) is 0.636. The molecule has 0 aromatic heterocycles. The van der Waals surface area contributed by atoms with Crippen LogP contribution >= 0.6 is 11.8 Å². The van der Waals surface area contributed by atoms with Crippen LogP contribution < -0.4 is 5.32 Å². The zero-order valence-electron chi connectivity index (χ0n) is 17.1. The smallest absolute Gasteiger partial charge is 0.242 e. The molecule has 0 heterocycles. The van der Waals surface area contributed by atoms with Crippen LogP contribution in [0.25, 0.3) is 0 Å². The van der Waals surface area contributed by atoms with Crippen LogP contribution in [-0.4, -0.2) is 34.6 Å². The van der Waals surface area contributed by atoms with Crippen molar-refractivity contribution < 1.29 is 9.59 Å². The number of hydrogen-bond acceptors (Lipinski definition) is 3. The average molecular weight is 399 g/mol. The van der Waals surface area contributed by atoms with E-state index >= 15 is 0 Å². The van der Waals surface area contributed by atoms with Gasteiger partial charge in [-0.25, -0.2) is 0 Å². The summed E-state index contributed by atoms with van der Waals surface area (Å²) in [4.78, 5) is 28.4. The summed E-state index contributed by atoms with van der Waals surface area (Å²) in [5.41, 5.74) is 2.18. The van der Waals surface area contributed by atoms with Crippen molar-refractivity contribution in [2.24, 2.45) is 0 Å². The lowest BCUT2D eigenvalue weighted by atomic mass is 10.1. The van der Waals surface area contributed by atoms with Gasteiger partial charge < -0.3 is 10.2 Å². The molecule has 0 aliphatic rings. The molecule has 2 rings (SSSR count). The maximum absolute atomic E-state index is 13.0. The van der Waals surface area contributed by atoms with Crippen molar-refractivity contribution in [2.75, 3.05) is 5.75 Å². The van der Waals surface area contributed by atoms with Crippen LogP contribution in [0.4, 0.5) is 0 Å². The molecule has 0 saturated heterocycles. The Hall–Kier alpha value is -2.27. The molecule has 4 nitrogen and oxygen atoms in total. The lowest BCUT2D eigenvalue weighted by molar-refractivity contribution is -0.140. The van der Waals surface area contributed by atoms with Crippen molar-refractivity contribution in [3.05, 3.63) is 65.7 Å². The van der Waals surface area contributed by atoms with E-state index in [1.54, 1.807) is 23.6 Å². The summed E-state index contributed by atoms with van der Waals surface area (Å²) in [6.07, 6.45) is 0.394. The number of carbonyl (C=O) groups excluding carboxylic acids is 2. The molecule has 2 amide bonds. The fourth-order valence-electron chi connectivity index (χ4n) is 2.91. The van der Waals surface area contributed by atoms with E-state index in [1.807, 2.05) is 69.3 Å². The third-order valence-electron chi connectivity index (χ3n) is 4.36. The third kappa shape index (κ3) is 7.04. The van der Waals surface area contributed by atoms with Gasteiger partial charge in [0.05, 0.1) is 0 Å². The average Bonchev–Trinajstić information content (AvgIpc) is 2.66. The predicted molar refractivity (Wildman–Crippen MR) is 116 cm³/mol. The van der Waals surface area contributed by atoms with E-state index < -0.39 is 6.04 Å². The first-order valence-electron chi connectivity index (χ1n) is 9.70. The van der Waals surface area contributed by atoms with E-state index in [1.165, 1.54) is 0 Å². The Balaban J connectivity index is 2.07. The Morgan fingerprint density at radius 3 is 2.39 bits per heavy atom. The number of carbonyl (C=O) groups is 2. The number of nitrogens with zero attached hydrogens (tertiary/aromatic N) is 1. The van der Waals surface area contributed by atoms with Crippen LogP contribution in [0, 0.1) is 6.92 Å². The Morgan fingerprint density at radius 1 is 1.04 bits per heavy atom. The number of aryl methyl sites for hydroxylation is 1. The normalized spacial score (nSPS) is 11.9. The molecular weight excluding hydrogens is 368 g/mol. The highest BCUT2D eigenvalue weighted by atomic mass is 32.2. The molecule has 2 aromatic carbocycles. The van der Waals surface area contributed by atoms with Gasteiger partial charge in [-0.3, -0.25) is 9.59 Å². The Morgan fingerprint density at radius 2 is 1.75 bits per heavy atom. The van der Waals surface area contributed by atoms with Gasteiger partial charge in [-0.1, -0.05) is 48.0 Å². The highest BCUT2D eigenvalue weighted by molar-refractivity contribution is 7.99. The molecule has 1 atom stereocenters. The van der Waals surface area contributed by atoms with Gasteiger partial charge in [-0.2, -0.15) is 0 Å². The Bertz CT molecular complexity index is 777. The topological polar surface area (TPSA) is 49.4 Å². The summed E-state index contributed by atoms with van der Waals surface area (Å²) < 4.78 is 0. The van der Waals surface area contributed by atoms with Gasteiger partial charge in [-0.05, 0) is 45.4 Å². The fourth-order valence-corrected chi connectivity index (χ4v) is 3.77. The number of hydrogen-bond donors (Lipinski definition) is 1. The van der Waals surface area contributed by atoms with Gasteiger partial charge in [0, 0.05) is 29.7 Å². The first-order chi connectivity index (χ1) is 13.4. The number of thioether (sulfide) groups is 1. The minimum Gasteiger partial charge on any atom is -0.352 e. The van der Waals surface area contributed by atoms with Gasteiger partial charge in [0.1, 0.15) is 6.04 Å². The van der Waals surface area contributed by atoms with Crippen LogP contribution in [0.3, 0.4) is 0 Å². The minimum atomic E-state index is -0.517. The highest BCUT2D eigenvalue weighted by Crippen LogP contribution is 2.19. The van der Waals surface area contributed by atoms with Crippen molar-refractivity contribution in [3.63, 3.8) is 0 Å². The summed E-state index contributed by atoms with van der Waals surface area (Å²) in [5, 5.41) is 2.92. The molecular formula is C23H30N2O2S. The molecule has 0 aliphatic carbocycles. The van der Waals surface area contributed by atoms with Crippen LogP contribution in [0.1, 0.15) is 38.3 Å². The SMILES string of the molecule is Cc1cccc(CN(C(=O)CCSc2ccccc2)[C@@H](C)C(=O)NC(C)C)c1. The van der Waals surface area contributed by atoms with Crippen molar-refractivity contribution in [1.29, 1.82) is 0 Å². The maximum Gasteiger partial charge on any atom is 0.242 e. The second-order valence-corrected chi connectivity index (χ2v) is 8.43. The summed E-state index contributed by atoms with van der Waals surface area (Å²) in [6, 6.07) is 17.6. The molecule has 28 heavy (non-hydrogen) atoms. The van der Waals surface area contributed by atoms with Gasteiger partial charge in [0.15, 0.2) is 0 Å². The number of amides is 2. The van der Waals surface area contributed by atoms with Crippen LogP contribution in [0.5, 0.6) is 0 Å². The summed E-state index contributed by atoms with van der Waals surface area (Å²) >= 11 is 1.66. The fraction of sp³-hybridized carbons (Fsp3) is 0.391. The monoisotopic (exact) mass is 398 g/mol. The van der Waals surface area contributed by atoms with E-state index in [0.717, 1.165) is 16.0 Å². The number of benzene rings is 2. The Kier molecular flexibility index (Phi) is 8.58. The summed E-state index contributed by atoms with van der Waals surface area (Å²) in [7, 11) is 0. The van der Waals surface area contributed by atoms with Gasteiger partial charge in [0.25, 0.3) is 0 Å². The first kappa shape index (κ1) is 22.0. The molecule has 2 aromatic rings. The van der Waals surface area contributed by atoms with Gasteiger partial charge in [0.2, 0.25) is 11.8 Å². The van der Waals surface area contributed by atoms with Crippen LogP contribution in [0.2, 0.25) is 0 Å². The van der Waals surface area contributed by atoms with E-state index in [9.17, 15) is 9.59 Å². The van der Waals surface area contributed by atoms with Crippen molar-refractivity contribution in [2.45, 2.75) is 57.6 Å². The second kappa shape index (κ2) is 10.9. The van der Waals surface area contributed by atoms with E-state index in [4.69, 9.17) is 0 Å². The van der Waals surface area contributed by atoms with E-state index in [2.05, 4.69) is 11.4 Å². The predicted octanol–water partition coefficient (Wildman–Crippen LogP) is 4.42. The lowest BCUT2D eigenvalue weighted by Crippen LogP contribution is -2.49. The second-order valence-electron chi connectivity index (χ2n) is 7.26. The van der Waals surface area contributed by atoms with Crippen molar-refractivity contribution in [1.82, 2.24) is 10.2 Å². The van der Waals surface area contributed by atoms with Crippen molar-refractivity contribution >= 4 is 23.6 Å². The molecule has 0 saturated carbocycles. The lowest BCUT2D eigenvalue weighted by Gasteiger charge is -2.29. The van der Waals surface area contributed by atoms with E-state index in [-0.39, 0.29) is 17.9 Å². The number of rotatable bonds is 9. The molecule has 0 fully saturated rings. The van der Waals surface area contributed by atoms with Gasteiger partial charge in [-0.15, -0.1) is 11.8 Å². The van der Waals surface area contributed by atoms with Crippen molar-refractivity contribution in [3.8, 4) is 0 Å². The summed E-state index contributed by atoms with van der Waals surface area (Å²) in [5.74, 6) is 0.564. The molecule has 0 radical (unpaired) electrons. The molecule has 1 N–H and O–H groups in total. The molecule has 5 heteroatoms. The largest absolute Gasteiger partial charge is 0.352 e. The Labute approximate surface area is 172 Å². The summed E-state index contributed by atoms with van der Waals surface area (Å²) in [6.45, 7) is 8.11. The maximum atomic E-state index is 13.0. The zero-order chi connectivity index (χ0) is 20.5. The highest BCUT2D eigenvalue weighted by Gasteiger charge is 2.26. The molecule has 0 spiro atoms. The molecule has 0 bridgehead atoms. The molecule has 0 unspecified atom stereocenters. The molecule has 0 aliphatic heterocycles. The van der Waals surface area contributed by atoms with Gasteiger partial charge >= 0.3 is 0 Å². The standard InChI is InChI=1S/C23H30N2O2S/c1-17(2)24-23(27)19(4)25(16-20-10-8-9-18(3)15-20)22(26)13-14-28-21-11-6-5-7-12-21/h5-12,15,17,19H,13-14,16H2,1-4H3,(H,24,27)/t19-/m0/s1. The minimum absolute atomic E-state index is 0.00339. The van der Waals surface area contributed by atoms with E-state index in [0.29, 0.717) is 18.7 Å². The van der Waals surface area contributed by atoms with Crippen LogP contribution in [0.15, 0.2) is 59.5 Å². The van der Waals surface area contributed by atoms with Crippen LogP contribution in [-0.2, 0) is 16.1 Å². The zero-order valence-corrected chi connectivity index (χ0v) is 18.0. The number of nitrogens with one attached hydrogen (secondary N) is 1. The first-order valence-corrected chi connectivity index (χ1v) is 10.7.